The molecule has 0 aliphatic rings. The van der Waals surface area contributed by atoms with Crippen LogP contribution in [0.2, 0.25) is 0 Å². The molecule has 0 radical (unpaired) electrons. The van der Waals surface area contributed by atoms with E-state index in [4.69, 9.17) is 0 Å². The van der Waals surface area contributed by atoms with Crippen LogP contribution in [0.1, 0.15) is 52.7 Å². The molecule has 12 rings (SSSR count). The van der Waals surface area contributed by atoms with Gasteiger partial charge in [-0.05, 0) is 160 Å². The standard InChI is InChI=1S/C66H54N2/c1-65(2,3)50-30-35-60-62(41-50)68(52-18-8-7-9-19-52)63-42-51(66(4,5)6)40-61(64(60)63)47-17-14-20-54(38-47)67(55-33-36-59-49(39-55)26-24-45-16-11-13-22-57(45)59)53-31-27-43(28-32-53)46-29-34-58-48(37-46)25-23-44-15-10-12-21-56(44)58/h7-42H,1-6H3. The Morgan fingerprint density at radius 2 is 0.868 bits per heavy atom. The highest BCUT2D eigenvalue weighted by Crippen LogP contribution is 2.45. The van der Waals surface area contributed by atoms with Crippen molar-refractivity contribution >= 4 is 82.0 Å². The van der Waals surface area contributed by atoms with E-state index in [0.717, 1.165) is 17.1 Å². The summed E-state index contributed by atoms with van der Waals surface area (Å²) in [6, 6.07) is 81.4. The van der Waals surface area contributed by atoms with Crippen molar-refractivity contribution in [2.45, 2.75) is 52.4 Å². The summed E-state index contributed by atoms with van der Waals surface area (Å²) in [6.07, 6.45) is 0. The molecule has 1 heterocycles. The molecule has 0 aliphatic heterocycles. The van der Waals surface area contributed by atoms with Crippen LogP contribution in [-0.2, 0) is 10.8 Å². The normalized spacial score (nSPS) is 12.3. The number of aromatic nitrogens is 1. The van der Waals surface area contributed by atoms with Gasteiger partial charge in [0, 0.05) is 33.5 Å². The Balaban J connectivity index is 1.05. The van der Waals surface area contributed by atoms with Crippen molar-refractivity contribution in [1.29, 1.82) is 0 Å². The summed E-state index contributed by atoms with van der Waals surface area (Å²) in [5, 5.41) is 12.6. The minimum Gasteiger partial charge on any atom is -0.310 e. The number of hydrogen-bond donors (Lipinski definition) is 0. The lowest BCUT2D eigenvalue weighted by Gasteiger charge is -2.27. The zero-order valence-corrected chi connectivity index (χ0v) is 39.7. The number of benzene rings is 11. The van der Waals surface area contributed by atoms with E-state index in [2.05, 4.69) is 269 Å². The summed E-state index contributed by atoms with van der Waals surface area (Å²) in [6.45, 7) is 13.9. The molecular weight excluding hydrogens is 821 g/mol. The second-order valence-electron chi connectivity index (χ2n) is 20.7. The van der Waals surface area contributed by atoms with Crippen LogP contribution in [0.25, 0.3) is 92.8 Å². The smallest absolute Gasteiger partial charge is 0.0550 e. The molecule has 0 saturated carbocycles. The molecule has 0 fully saturated rings. The summed E-state index contributed by atoms with van der Waals surface area (Å²) < 4.78 is 2.49. The highest BCUT2D eigenvalue weighted by Gasteiger charge is 2.25. The highest BCUT2D eigenvalue weighted by atomic mass is 15.1. The third-order valence-corrected chi connectivity index (χ3v) is 14.2. The zero-order chi connectivity index (χ0) is 46.3. The topological polar surface area (TPSA) is 8.17 Å². The summed E-state index contributed by atoms with van der Waals surface area (Å²) in [4.78, 5) is 2.43. The van der Waals surface area contributed by atoms with Crippen molar-refractivity contribution in [2.24, 2.45) is 0 Å². The van der Waals surface area contributed by atoms with Gasteiger partial charge in [-0.2, -0.15) is 0 Å². The summed E-state index contributed by atoms with van der Waals surface area (Å²) in [5.41, 5.74) is 14.3. The average molecular weight is 875 g/mol. The van der Waals surface area contributed by atoms with Crippen molar-refractivity contribution in [2.75, 3.05) is 4.90 Å². The Bertz CT molecular complexity index is 3910. The van der Waals surface area contributed by atoms with Gasteiger partial charge in [0.15, 0.2) is 0 Å². The van der Waals surface area contributed by atoms with Gasteiger partial charge in [0.2, 0.25) is 0 Å². The van der Waals surface area contributed by atoms with Crippen LogP contribution in [0.15, 0.2) is 218 Å². The third kappa shape index (κ3) is 7.11. The number of fused-ring (bicyclic) bond motifs is 9. The van der Waals surface area contributed by atoms with E-state index in [1.54, 1.807) is 0 Å². The third-order valence-electron chi connectivity index (χ3n) is 14.2. The van der Waals surface area contributed by atoms with Crippen molar-refractivity contribution in [3.8, 4) is 27.9 Å². The second-order valence-corrected chi connectivity index (χ2v) is 20.7. The molecule has 0 aliphatic carbocycles. The van der Waals surface area contributed by atoms with E-state index in [1.165, 1.54) is 104 Å². The fraction of sp³-hybridized carbons (Fsp3) is 0.121. The van der Waals surface area contributed by atoms with Gasteiger partial charge in [0.1, 0.15) is 0 Å². The SMILES string of the molecule is CC(C)(C)c1ccc2c3c(-c4cccc(N(c5ccc(-c6ccc7c(ccc8ccccc87)c6)cc5)c5ccc6c(ccc7ccccc76)c5)c4)cc(C(C)(C)C)cc3n(-c3ccccc3)c2c1. The maximum atomic E-state index is 2.49. The maximum absolute atomic E-state index is 2.49. The molecule has 0 saturated heterocycles. The molecule has 0 amide bonds. The molecule has 2 heteroatoms. The second kappa shape index (κ2) is 15.9. The molecular formula is C66H54N2. The van der Waals surface area contributed by atoms with Crippen molar-refractivity contribution < 1.29 is 0 Å². The van der Waals surface area contributed by atoms with Gasteiger partial charge in [-0.15, -0.1) is 0 Å². The Hall–Kier alpha value is -7.94. The Morgan fingerprint density at radius 3 is 1.56 bits per heavy atom. The van der Waals surface area contributed by atoms with Gasteiger partial charge in [-0.3, -0.25) is 0 Å². The van der Waals surface area contributed by atoms with Gasteiger partial charge < -0.3 is 9.47 Å². The summed E-state index contributed by atoms with van der Waals surface area (Å²) in [5.74, 6) is 0. The predicted molar refractivity (Wildman–Crippen MR) is 294 cm³/mol. The highest BCUT2D eigenvalue weighted by molar-refractivity contribution is 6.17. The van der Waals surface area contributed by atoms with Gasteiger partial charge in [-0.25, -0.2) is 0 Å². The fourth-order valence-electron chi connectivity index (χ4n) is 10.5. The maximum Gasteiger partial charge on any atom is 0.0550 e. The van der Waals surface area contributed by atoms with E-state index in [-0.39, 0.29) is 10.8 Å². The first-order chi connectivity index (χ1) is 33.0. The Labute approximate surface area is 399 Å². The molecule has 68 heavy (non-hydrogen) atoms. The van der Waals surface area contributed by atoms with Crippen LogP contribution in [0.4, 0.5) is 17.1 Å². The van der Waals surface area contributed by atoms with Crippen molar-refractivity contribution in [3.63, 3.8) is 0 Å². The molecule has 0 bridgehead atoms. The molecule has 0 N–H and O–H groups in total. The van der Waals surface area contributed by atoms with Crippen LogP contribution < -0.4 is 4.90 Å². The van der Waals surface area contributed by atoms with Gasteiger partial charge >= 0.3 is 0 Å². The predicted octanol–water partition coefficient (Wildman–Crippen LogP) is 18.8. The minimum atomic E-state index is -0.0863. The average Bonchev–Trinajstić information content (AvgIpc) is 3.70. The molecule has 2 nitrogen and oxygen atoms in total. The molecule has 0 atom stereocenters. The molecule has 1 aromatic heterocycles. The van der Waals surface area contributed by atoms with Gasteiger partial charge in [0.05, 0.1) is 11.0 Å². The van der Waals surface area contributed by atoms with Crippen molar-refractivity contribution in [3.05, 3.63) is 230 Å². The number of hydrogen-bond acceptors (Lipinski definition) is 1. The van der Waals surface area contributed by atoms with E-state index < -0.39 is 0 Å². The lowest BCUT2D eigenvalue weighted by atomic mass is 9.83. The number of rotatable bonds is 6. The molecule has 11 aromatic carbocycles. The number of anilines is 3. The summed E-state index contributed by atoms with van der Waals surface area (Å²) >= 11 is 0. The van der Waals surface area contributed by atoms with E-state index in [9.17, 15) is 0 Å². The lowest BCUT2D eigenvalue weighted by molar-refractivity contribution is 0.591. The van der Waals surface area contributed by atoms with Crippen LogP contribution in [-0.4, -0.2) is 4.57 Å². The van der Waals surface area contributed by atoms with Crippen LogP contribution in [0.3, 0.4) is 0 Å². The zero-order valence-electron chi connectivity index (χ0n) is 39.7. The fourth-order valence-corrected chi connectivity index (χ4v) is 10.5. The monoisotopic (exact) mass is 874 g/mol. The lowest BCUT2D eigenvalue weighted by Crippen LogP contribution is -2.12. The van der Waals surface area contributed by atoms with Gasteiger partial charge in [0.25, 0.3) is 0 Å². The first-order valence-electron chi connectivity index (χ1n) is 24.0. The molecule has 12 aromatic rings. The number of nitrogens with zero attached hydrogens (tertiary/aromatic N) is 2. The first kappa shape index (κ1) is 41.5. The van der Waals surface area contributed by atoms with E-state index in [0.29, 0.717) is 0 Å². The summed E-state index contributed by atoms with van der Waals surface area (Å²) in [7, 11) is 0. The van der Waals surface area contributed by atoms with Gasteiger partial charge in [-0.1, -0.05) is 187 Å². The largest absolute Gasteiger partial charge is 0.310 e. The molecule has 0 spiro atoms. The number of para-hydroxylation sites is 1. The van der Waals surface area contributed by atoms with E-state index >= 15 is 0 Å². The first-order valence-corrected chi connectivity index (χ1v) is 24.0. The Kier molecular flexibility index (Phi) is 9.67. The van der Waals surface area contributed by atoms with Crippen LogP contribution in [0, 0.1) is 0 Å². The molecule has 328 valence electrons. The quantitative estimate of drug-likeness (QED) is 0.151. The van der Waals surface area contributed by atoms with Crippen LogP contribution in [0.5, 0.6) is 0 Å². The van der Waals surface area contributed by atoms with Crippen molar-refractivity contribution in [1.82, 2.24) is 4.57 Å². The van der Waals surface area contributed by atoms with Crippen LogP contribution >= 0.6 is 0 Å². The Morgan fingerprint density at radius 1 is 0.324 bits per heavy atom. The minimum absolute atomic E-state index is 0.00221. The molecule has 0 unspecified atom stereocenters. The van der Waals surface area contributed by atoms with E-state index in [1.807, 2.05) is 0 Å².